The van der Waals surface area contributed by atoms with E-state index in [9.17, 15) is 13.2 Å². The first kappa shape index (κ1) is 21.0. The van der Waals surface area contributed by atoms with Gasteiger partial charge in [-0.05, 0) is 18.2 Å². The monoisotopic (exact) mass is 434 g/mol. The number of methoxy groups -OCH3 is 2. The summed E-state index contributed by atoms with van der Waals surface area (Å²) < 4.78 is 56.4. The van der Waals surface area contributed by atoms with E-state index in [1.165, 1.54) is 20.3 Å². The smallest absolute Gasteiger partial charge is 0.451 e. The molecule has 2 heterocycles. The number of fused-ring (bicyclic) bond motifs is 1. The summed E-state index contributed by atoms with van der Waals surface area (Å²) in [5.41, 5.74) is 1.57. The predicted octanol–water partition coefficient (Wildman–Crippen LogP) is 4.25. The van der Waals surface area contributed by atoms with Crippen molar-refractivity contribution in [3.63, 3.8) is 0 Å². The molecule has 7 nitrogen and oxygen atoms in total. The van der Waals surface area contributed by atoms with Crippen molar-refractivity contribution in [2.75, 3.05) is 50.7 Å². The second kappa shape index (κ2) is 8.46. The van der Waals surface area contributed by atoms with Crippen LogP contribution in [-0.2, 0) is 10.9 Å². The second-order valence-electron chi connectivity index (χ2n) is 6.86. The molecular formula is C21H21F3N4O3. The first-order chi connectivity index (χ1) is 14.9. The third-order valence-electron chi connectivity index (χ3n) is 4.96. The van der Waals surface area contributed by atoms with Crippen molar-refractivity contribution in [3.8, 4) is 11.5 Å². The van der Waals surface area contributed by atoms with Crippen molar-refractivity contribution in [3.05, 3.63) is 42.2 Å². The van der Waals surface area contributed by atoms with Gasteiger partial charge < -0.3 is 24.4 Å². The topological polar surface area (TPSA) is 68.7 Å². The quantitative estimate of drug-likeness (QED) is 0.644. The van der Waals surface area contributed by atoms with Gasteiger partial charge in [0.25, 0.3) is 0 Å². The molecule has 0 unspecified atom stereocenters. The number of para-hydroxylation sites is 2. The lowest BCUT2D eigenvalue weighted by Crippen LogP contribution is -2.36. The molecule has 1 aliphatic heterocycles. The first-order valence-corrected chi connectivity index (χ1v) is 9.60. The molecular weight excluding hydrogens is 413 g/mol. The zero-order valence-electron chi connectivity index (χ0n) is 17.0. The van der Waals surface area contributed by atoms with Crippen molar-refractivity contribution < 1.29 is 27.4 Å². The summed E-state index contributed by atoms with van der Waals surface area (Å²) in [6.07, 6.45) is -4.71. The van der Waals surface area contributed by atoms with Crippen LogP contribution in [0.15, 0.2) is 36.4 Å². The van der Waals surface area contributed by atoms with Gasteiger partial charge in [0.2, 0.25) is 5.82 Å². The van der Waals surface area contributed by atoms with Crippen LogP contribution in [-0.4, -0.2) is 50.5 Å². The van der Waals surface area contributed by atoms with Crippen LogP contribution >= 0.6 is 0 Å². The Balaban J connectivity index is 1.85. The molecule has 1 fully saturated rings. The number of halogens is 3. The lowest BCUT2D eigenvalue weighted by atomic mass is 10.1. The zero-order valence-corrected chi connectivity index (χ0v) is 17.0. The Kier molecular flexibility index (Phi) is 5.73. The van der Waals surface area contributed by atoms with Gasteiger partial charge in [0.05, 0.1) is 44.3 Å². The van der Waals surface area contributed by atoms with Gasteiger partial charge in [-0.2, -0.15) is 13.2 Å². The maximum absolute atomic E-state index is 13.5. The van der Waals surface area contributed by atoms with Gasteiger partial charge in [-0.15, -0.1) is 0 Å². The molecule has 0 bridgehead atoms. The summed E-state index contributed by atoms with van der Waals surface area (Å²) in [6.45, 7) is 2.53. The van der Waals surface area contributed by atoms with E-state index in [1.54, 1.807) is 12.1 Å². The summed E-state index contributed by atoms with van der Waals surface area (Å²) in [6, 6.07) is 10.4. The maximum Gasteiger partial charge on any atom is 0.451 e. The van der Waals surface area contributed by atoms with Crippen LogP contribution in [0.25, 0.3) is 10.9 Å². The number of nitrogens with zero attached hydrogens (tertiary/aromatic N) is 3. The fourth-order valence-electron chi connectivity index (χ4n) is 3.46. The third-order valence-corrected chi connectivity index (χ3v) is 4.96. The minimum Gasteiger partial charge on any atom is -0.493 e. The van der Waals surface area contributed by atoms with E-state index in [2.05, 4.69) is 20.2 Å². The summed E-state index contributed by atoms with van der Waals surface area (Å²) in [5, 5.41) is 3.46. The van der Waals surface area contributed by atoms with E-state index in [-0.39, 0.29) is 17.1 Å². The van der Waals surface area contributed by atoms with E-state index >= 15 is 0 Å². The van der Waals surface area contributed by atoms with Crippen LogP contribution in [0.3, 0.4) is 0 Å². The van der Waals surface area contributed by atoms with Crippen molar-refractivity contribution in [2.45, 2.75) is 6.18 Å². The zero-order chi connectivity index (χ0) is 22.0. The highest BCUT2D eigenvalue weighted by atomic mass is 19.4. The van der Waals surface area contributed by atoms with Crippen LogP contribution in [0.1, 0.15) is 5.82 Å². The van der Waals surface area contributed by atoms with Crippen LogP contribution < -0.4 is 19.7 Å². The average molecular weight is 434 g/mol. The molecule has 4 rings (SSSR count). The SMILES string of the molecule is COc1cc2nc(C(F)(F)F)nc(Nc3ccccc3N3CCOCC3)c2cc1OC. The van der Waals surface area contributed by atoms with E-state index < -0.39 is 12.0 Å². The number of aromatic nitrogens is 2. The third kappa shape index (κ3) is 4.29. The minimum absolute atomic E-state index is 0.0268. The highest BCUT2D eigenvalue weighted by Crippen LogP contribution is 2.38. The van der Waals surface area contributed by atoms with E-state index in [1.807, 2.05) is 18.2 Å². The fraction of sp³-hybridized carbons (Fsp3) is 0.333. The largest absolute Gasteiger partial charge is 0.493 e. The van der Waals surface area contributed by atoms with Crippen molar-refractivity contribution >= 4 is 28.1 Å². The predicted molar refractivity (Wildman–Crippen MR) is 110 cm³/mol. The Morgan fingerprint density at radius 1 is 1.00 bits per heavy atom. The normalized spacial score (nSPS) is 14.5. The molecule has 0 aliphatic carbocycles. The Morgan fingerprint density at radius 3 is 2.35 bits per heavy atom. The van der Waals surface area contributed by atoms with E-state index in [0.29, 0.717) is 43.1 Å². The molecule has 0 spiro atoms. The lowest BCUT2D eigenvalue weighted by Gasteiger charge is -2.30. The number of alkyl halides is 3. The van der Waals surface area contributed by atoms with Gasteiger partial charge in [0, 0.05) is 24.5 Å². The van der Waals surface area contributed by atoms with Crippen LogP contribution in [0.5, 0.6) is 11.5 Å². The molecule has 1 aliphatic rings. The number of anilines is 3. The molecule has 1 N–H and O–H groups in total. The molecule has 3 aromatic rings. The first-order valence-electron chi connectivity index (χ1n) is 9.60. The summed E-state index contributed by atoms with van der Waals surface area (Å²) in [7, 11) is 2.86. The van der Waals surface area contributed by atoms with E-state index in [4.69, 9.17) is 14.2 Å². The second-order valence-corrected chi connectivity index (χ2v) is 6.86. The number of hydrogen-bond donors (Lipinski definition) is 1. The Bertz CT molecular complexity index is 1090. The van der Waals surface area contributed by atoms with Gasteiger partial charge in [-0.25, -0.2) is 9.97 Å². The van der Waals surface area contributed by atoms with Gasteiger partial charge in [-0.1, -0.05) is 12.1 Å². The Morgan fingerprint density at radius 2 is 1.68 bits per heavy atom. The van der Waals surface area contributed by atoms with Crippen molar-refractivity contribution in [1.82, 2.24) is 9.97 Å². The summed E-state index contributed by atoms with van der Waals surface area (Å²) >= 11 is 0. The van der Waals surface area contributed by atoms with Crippen molar-refractivity contribution in [2.24, 2.45) is 0 Å². The number of ether oxygens (including phenoxy) is 3. The number of morpholine rings is 1. The summed E-state index contributed by atoms with van der Waals surface area (Å²) in [5.74, 6) is -0.568. The number of hydrogen-bond acceptors (Lipinski definition) is 7. The highest BCUT2D eigenvalue weighted by Gasteiger charge is 2.36. The molecule has 1 saturated heterocycles. The van der Waals surface area contributed by atoms with Gasteiger partial charge in [0.15, 0.2) is 11.5 Å². The molecule has 164 valence electrons. The fourth-order valence-corrected chi connectivity index (χ4v) is 3.46. The summed E-state index contributed by atoms with van der Waals surface area (Å²) in [4.78, 5) is 9.62. The number of nitrogens with one attached hydrogen (secondary N) is 1. The minimum atomic E-state index is -4.71. The average Bonchev–Trinajstić information content (AvgIpc) is 2.78. The molecule has 1 aromatic heterocycles. The number of rotatable bonds is 5. The molecule has 0 saturated carbocycles. The Labute approximate surface area is 176 Å². The van der Waals surface area contributed by atoms with Crippen LogP contribution in [0, 0.1) is 0 Å². The number of benzene rings is 2. The van der Waals surface area contributed by atoms with Gasteiger partial charge in [0.1, 0.15) is 5.82 Å². The Hall–Kier alpha value is -3.27. The molecule has 10 heteroatoms. The standard InChI is InChI=1S/C21H21F3N4O3/c1-29-17-11-13-15(12-18(17)30-2)26-20(21(22,23)24)27-19(13)25-14-5-3-4-6-16(14)28-7-9-31-10-8-28/h3-6,11-12H,7-10H2,1-2H3,(H,25,26,27). The van der Waals surface area contributed by atoms with E-state index in [0.717, 1.165) is 5.69 Å². The van der Waals surface area contributed by atoms with Crippen LogP contribution in [0.2, 0.25) is 0 Å². The lowest BCUT2D eigenvalue weighted by molar-refractivity contribution is -0.144. The molecule has 0 radical (unpaired) electrons. The highest BCUT2D eigenvalue weighted by molar-refractivity contribution is 5.94. The molecule has 0 amide bonds. The molecule has 31 heavy (non-hydrogen) atoms. The maximum atomic E-state index is 13.5. The molecule has 0 atom stereocenters. The van der Waals surface area contributed by atoms with Crippen molar-refractivity contribution in [1.29, 1.82) is 0 Å². The van der Waals surface area contributed by atoms with Gasteiger partial charge in [-0.3, -0.25) is 0 Å². The van der Waals surface area contributed by atoms with Gasteiger partial charge >= 0.3 is 6.18 Å². The molecule has 2 aromatic carbocycles. The van der Waals surface area contributed by atoms with Crippen LogP contribution in [0.4, 0.5) is 30.4 Å².